The minimum absolute atomic E-state index is 0. The average molecular weight is 353 g/mol. The van der Waals surface area contributed by atoms with Crippen LogP contribution in [0.5, 0.6) is 0 Å². The van der Waals surface area contributed by atoms with Gasteiger partial charge < -0.3 is 26.2 Å². The van der Waals surface area contributed by atoms with Gasteiger partial charge in [-0.3, -0.25) is 8.42 Å². The Morgan fingerprint density at radius 1 is 1.12 bits per heavy atom. The predicted molar refractivity (Wildman–Crippen MR) is 16.2 cm³/mol. The largest absolute Gasteiger partial charge is 2.00 e. The smallest absolute Gasteiger partial charge is 2.00 e. The molecule has 0 bridgehead atoms. The van der Waals surface area contributed by atoms with Gasteiger partial charge in [-0.2, -0.15) is 0 Å². The van der Waals surface area contributed by atoms with Crippen molar-refractivity contribution in [2.75, 3.05) is 0 Å². The summed E-state index contributed by atoms with van der Waals surface area (Å²) in [5.41, 5.74) is 0. The normalized spacial score (nSPS) is 7.25. The third-order valence-electron chi connectivity index (χ3n) is 0. The van der Waals surface area contributed by atoms with E-state index in [0.717, 1.165) is 0 Å². The van der Waals surface area contributed by atoms with Crippen molar-refractivity contribution in [1.82, 2.24) is 0 Å². The Hall–Kier alpha value is 1.93. The summed E-state index contributed by atoms with van der Waals surface area (Å²) in [7, 11) is -5.17. The molecule has 0 aromatic carbocycles. The van der Waals surface area contributed by atoms with Crippen LogP contribution in [-0.2, 0) is 57.2 Å². The quantitative estimate of drug-likeness (QED) is 0.295. The minimum atomic E-state index is -5.17. The SMILES string of the molecule is O=S(=O)([O-])[O-].[Cd+2].[Se-2].[Zn+2]. The van der Waals surface area contributed by atoms with E-state index in [2.05, 4.69) is 0 Å². The summed E-state index contributed by atoms with van der Waals surface area (Å²) >= 11 is 0. The van der Waals surface area contributed by atoms with E-state index in [1.807, 2.05) is 0 Å². The molecule has 0 fully saturated rings. The van der Waals surface area contributed by atoms with Crippen LogP contribution in [0, 0.1) is 0 Å². The molecule has 0 spiro atoms. The fourth-order valence-electron chi connectivity index (χ4n) is 0. The second-order valence-corrected chi connectivity index (χ2v) is 1.22. The molecular formula is CdO4SSeZn. The van der Waals surface area contributed by atoms with E-state index in [0.29, 0.717) is 0 Å². The molecule has 0 aromatic heterocycles. The number of hydrogen-bond acceptors (Lipinski definition) is 4. The molecule has 0 aliphatic rings. The summed E-state index contributed by atoms with van der Waals surface area (Å²) in [6, 6.07) is 0. The molecule has 0 saturated carbocycles. The van der Waals surface area contributed by atoms with Crippen LogP contribution in [0.25, 0.3) is 0 Å². The van der Waals surface area contributed by atoms with Crippen molar-refractivity contribution >= 4 is 27.5 Å². The molecule has 40 valence electrons. The van der Waals surface area contributed by atoms with Crippen molar-refractivity contribution in [3.8, 4) is 0 Å². The standard InChI is InChI=1S/Cd.H2O4S.Se.Zn/c;1-5(2,3)4;;/h;(H2,1,2,3,4);;/q+2;;-2;+2/p-2. The molecule has 0 saturated heterocycles. The van der Waals surface area contributed by atoms with Crippen molar-refractivity contribution in [2.24, 2.45) is 0 Å². The first kappa shape index (κ1) is 22.5. The van der Waals surface area contributed by atoms with Crippen LogP contribution in [0.15, 0.2) is 0 Å². The summed E-state index contributed by atoms with van der Waals surface area (Å²) in [5, 5.41) is 0. The van der Waals surface area contributed by atoms with Crippen molar-refractivity contribution in [3.05, 3.63) is 0 Å². The molecule has 0 aliphatic heterocycles. The van der Waals surface area contributed by atoms with Crippen LogP contribution in [0.4, 0.5) is 0 Å². The second-order valence-electron chi connectivity index (χ2n) is 0.408. The second kappa shape index (κ2) is 8.93. The first-order valence-electron chi connectivity index (χ1n) is 0.667. The third kappa shape index (κ3) is 102. The Balaban J connectivity index is -0.0000000267. The van der Waals surface area contributed by atoms with Gasteiger partial charge in [0, 0.05) is 10.4 Å². The molecule has 8 heteroatoms. The number of hydrogen-bond donors (Lipinski definition) is 0. The summed E-state index contributed by atoms with van der Waals surface area (Å²) in [6.45, 7) is 0. The molecule has 8 heavy (non-hydrogen) atoms. The van der Waals surface area contributed by atoms with E-state index in [4.69, 9.17) is 17.5 Å². The van der Waals surface area contributed by atoms with Crippen molar-refractivity contribution < 1.29 is 64.3 Å². The molecule has 0 unspecified atom stereocenters. The van der Waals surface area contributed by atoms with Gasteiger partial charge in [0.25, 0.3) is 0 Å². The molecule has 0 atom stereocenters. The molecule has 0 N–H and O–H groups in total. The van der Waals surface area contributed by atoms with Crippen molar-refractivity contribution in [1.29, 1.82) is 0 Å². The Morgan fingerprint density at radius 3 is 1.12 bits per heavy atom. The maximum absolute atomic E-state index is 8.52. The minimum Gasteiger partial charge on any atom is -2.00 e. The molecular weight excluding hydrogens is 353 g/mol. The zero-order valence-corrected chi connectivity index (χ0v) is 13.4. The summed E-state index contributed by atoms with van der Waals surface area (Å²) in [4.78, 5) is 0. The summed E-state index contributed by atoms with van der Waals surface area (Å²) < 4.78 is 34.1. The monoisotopic (exact) mass is 354 g/mol. The maximum atomic E-state index is 8.52. The van der Waals surface area contributed by atoms with Gasteiger partial charge in [-0.05, 0) is 0 Å². The topological polar surface area (TPSA) is 80.3 Å². The molecule has 0 aromatic rings. The zero-order valence-electron chi connectivity index (χ0n) is 3.86. The zero-order chi connectivity index (χ0) is 4.50. The van der Waals surface area contributed by atoms with Crippen LogP contribution in [-0.4, -0.2) is 34.6 Å². The van der Waals surface area contributed by atoms with Crippen LogP contribution < -0.4 is 0 Å². The van der Waals surface area contributed by atoms with Gasteiger partial charge in [-0.1, -0.05) is 0 Å². The first-order chi connectivity index (χ1) is 2.00. The van der Waals surface area contributed by atoms with Gasteiger partial charge in [0.15, 0.2) is 0 Å². The van der Waals surface area contributed by atoms with Gasteiger partial charge in [0.2, 0.25) is 0 Å². The molecule has 0 heterocycles. The average Bonchev–Trinajstić information content (AvgIpc) is 0.722. The van der Waals surface area contributed by atoms with Gasteiger partial charge in [0.1, 0.15) is 0 Å². The Morgan fingerprint density at radius 2 is 1.12 bits per heavy atom. The van der Waals surface area contributed by atoms with E-state index < -0.39 is 10.4 Å². The van der Waals surface area contributed by atoms with Gasteiger partial charge in [0.05, 0.1) is 0 Å². The predicted octanol–water partition coefficient (Wildman–Crippen LogP) is -1.72. The Bertz CT molecular complexity index is 99.2. The van der Waals surface area contributed by atoms with Gasteiger partial charge >= 0.3 is 46.8 Å². The van der Waals surface area contributed by atoms with Crippen molar-refractivity contribution in [2.45, 2.75) is 0 Å². The third-order valence-corrected chi connectivity index (χ3v) is 0. The molecule has 0 radical (unpaired) electrons. The first-order valence-corrected chi connectivity index (χ1v) is 2.00. The van der Waals surface area contributed by atoms with E-state index in [-0.39, 0.29) is 63.8 Å². The Kier molecular flexibility index (Phi) is 25.1. The van der Waals surface area contributed by atoms with E-state index in [9.17, 15) is 0 Å². The fourth-order valence-corrected chi connectivity index (χ4v) is 0. The van der Waals surface area contributed by atoms with Crippen LogP contribution in [0.2, 0.25) is 0 Å². The van der Waals surface area contributed by atoms with Crippen LogP contribution in [0.3, 0.4) is 0 Å². The molecule has 4 nitrogen and oxygen atoms in total. The van der Waals surface area contributed by atoms with Gasteiger partial charge in [-0.25, -0.2) is 0 Å². The van der Waals surface area contributed by atoms with E-state index in [1.54, 1.807) is 0 Å². The van der Waals surface area contributed by atoms with Crippen LogP contribution >= 0.6 is 0 Å². The Labute approximate surface area is 90.8 Å². The van der Waals surface area contributed by atoms with Crippen molar-refractivity contribution in [3.63, 3.8) is 0 Å². The number of rotatable bonds is 0. The summed E-state index contributed by atoms with van der Waals surface area (Å²) in [6.07, 6.45) is 0. The maximum Gasteiger partial charge on any atom is 2.00 e. The van der Waals surface area contributed by atoms with E-state index in [1.165, 1.54) is 0 Å². The fraction of sp³-hybridized carbons (Fsp3) is 0. The molecule has 0 amide bonds. The van der Waals surface area contributed by atoms with Gasteiger partial charge in [-0.15, -0.1) is 0 Å². The summed E-state index contributed by atoms with van der Waals surface area (Å²) in [5.74, 6) is 0. The van der Waals surface area contributed by atoms with Crippen LogP contribution in [0.1, 0.15) is 0 Å². The molecule has 0 rings (SSSR count). The molecule has 0 aliphatic carbocycles. The van der Waals surface area contributed by atoms with E-state index >= 15 is 0 Å².